The first-order valence-electron chi connectivity index (χ1n) is 9.95. The molecule has 0 radical (unpaired) electrons. The Kier molecular flexibility index (Phi) is 6.69. The predicted molar refractivity (Wildman–Crippen MR) is 125 cm³/mol. The number of hydrogen-bond acceptors (Lipinski definition) is 4. The Morgan fingerprint density at radius 2 is 1.74 bits per heavy atom. The van der Waals surface area contributed by atoms with E-state index < -0.39 is 0 Å². The average Bonchev–Trinajstić information content (AvgIpc) is 3.28. The van der Waals surface area contributed by atoms with Crippen LogP contribution in [0.5, 0.6) is 5.75 Å². The average molecular weight is 430 g/mol. The summed E-state index contributed by atoms with van der Waals surface area (Å²) in [5.41, 5.74) is 4.11. The molecule has 0 bridgehead atoms. The molecule has 0 spiro atoms. The molecule has 3 aromatic carbocycles. The SMILES string of the molecule is COc1ccc(-n2ccnc2SCC(=O)Nc2ccccc2Cc2ccccc2)cc1. The molecular formula is C25H23N3O2S. The second kappa shape index (κ2) is 10.00. The second-order valence-corrected chi connectivity index (χ2v) is 7.88. The molecule has 0 fully saturated rings. The van der Waals surface area contributed by atoms with Crippen molar-refractivity contribution >= 4 is 23.4 Å². The van der Waals surface area contributed by atoms with E-state index in [0.717, 1.165) is 34.3 Å². The largest absolute Gasteiger partial charge is 0.497 e. The first-order chi connectivity index (χ1) is 15.2. The number of carbonyl (C=O) groups excluding carboxylic acids is 1. The van der Waals surface area contributed by atoms with Gasteiger partial charge in [-0.25, -0.2) is 4.98 Å². The minimum absolute atomic E-state index is 0.0604. The number of amides is 1. The van der Waals surface area contributed by atoms with E-state index in [0.29, 0.717) is 0 Å². The molecule has 1 N–H and O–H groups in total. The third-order valence-electron chi connectivity index (χ3n) is 4.82. The summed E-state index contributed by atoms with van der Waals surface area (Å²) in [4.78, 5) is 17.1. The standard InChI is InChI=1S/C25H23N3O2S/c1-30-22-13-11-21(12-14-22)28-16-15-26-25(28)31-18-24(29)27-23-10-6-5-9-20(23)17-19-7-3-2-4-8-19/h2-16H,17-18H2,1H3,(H,27,29). The third-order valence-corrected chi connectivity index (χ3v) is 5.79. The van der Waals surface area contributed by atoms with Gasteiger partial charge in [0, 0.05) is 23.8 Å². The molecule has 1 amide bonds. The summed E-state index contributed by atoms with van der Waals surface area (Å²) in [5, 5.41) is 3.82. The first-order valence-corrected chi connectivity index (χ1v) is 10.9. The normalized spacial score (nSPS) is 10.6. The molecule has 0 atom stereocenters. The Labute approximate surface area is 186 Å². The predicted octanol–water partition coefficient (Wildman–Crippen LogP) is 5.20. The van der Waals surface area contributed by atoms with Gasteiger partial charge in [0.05, 0.1) is 12.9 Å². The van der Waals surface area contributed by atoms with Crippen LogP contribution in [0, 0.1) is 0 Å². The van der Waals surface area contributed by atoms with Gasteiger partial charge in [-0.3, -0.25) is 9.36 Å². The zero-order chi connectivity index (χ0) is 21.5. The van der Waals surface area contributed by atoms with Crippen molar-refractivity contribution < 1.29 is 9.53 Å². The Bertz CT molecular complexity index is 1140. The van der Waals surface area contributed by atoms with Crippen LogP contribution >= 0.6 is 11.8 Å². The zero-order valence-corrected chi connectivity index (χ0v) is 18.0. The van der Waals surface area contributed by atoms with E-state index in [-0.39, 0.29) is 11.7 Å². The summed E-state index contributed by atoms with van der Waals surface area (Å²) in [7, 11) is 1.64. The lowest BCUT2D eigenvalue weighted by Gasteiger charge is -2.12. The van der Waals surface area contributed by atoms with Crippen molar-refractivity contribution in [3.8, 4) is 11.4 Å². The van der Waals surface area contributed by atoms with Crippen molar-refractivity contribution in [1.82, 2.24) is 9.55 Å². The molecule has 0 unspecified atom stereocenters. The van der Waals surface area contributed by atoms with Gasteiger partial charge in [0.25, 0.3) is 0 Å². The van der Waals surface area contributed by atoms with Crippen molar-refractivity contribution in [2.24, 2.45) is 0 Å². The van der Waals surface area contributed by atoms with E-state index >= 15 is 0 Å². The number of carbonyl (C=O) groups is 1. The summed E-state index contributed by atoms with van der Waals surface area (Å²) in [6.07, 6.45) is 4.39. The van der Waals surface area contributed by atoms with Crippen LogP contribution in [0.3, 0.4) is 0 Å². The van der Waals surface area contributed by atoms with E-state index in [1.54, 1.807) is 13.3 Å². The van der Waals surface area contributed by atoms with Gasteiger partial charge in [-0.15, -0.1) is 0 Å². The lowest BCUT2D eigenvalue weighted by molar-refractivity contribution is -0.113. The first kappa shape index (κ1) is 20.8. The quantitative estimate of drug-likeness (QED) is 0.391. The van der Waals surface area contributed by atoms with Crippen LogP contribution in [0.1, 0.15) is 11.1 Å². The number of methoxy groups -OCH3 is 1. The van der Waals surface area contributed by atoms with Crippen LogP contribution in [0.25, 0.3) is 5.69 Å². The van der Waals surface area contributed by atoms with E-state index in [4.69, 9.17) is 4.74 Å². The second-order valence-electron chi connectivity index (χ2n) is 6.93. The zero-order valence-electron chi connectivity index (χ0n) is 17.2. The molecule has 1 heterocycles. The number of rotatable bonds is 8. The molecule has 4 rings (SSSR count). The van der Waals surface area contributed by atoms with Crippen molar-refractivity contribution in [3.63, 3.8) is 0 Å². The maximum Gasteiger partial charge on any atom is 0.234 e. The number of nitrogens with one attached hydrogen (secondary N) is 1. The summed E-state index contributed by atoms with van der Waals surface area (Å²) in [6.45, 7) is 0. The van der Waals surface area contributed by atoms with E-state index in [9.17, 15) is 4.79 Å². The van der Waals surface area contributed by atoms with Crippen molar-refractivity contribution in [3.05, 3.63) is 102 Å². The molecule has 0 saturated heterocycles. The third kappa shape index (κ3) is 5.35. The maximum absolute atomic E-state index is 12.7. The minimum Gasteiger partial charge on any atom is -0.497 e. The molecule has 0 aliphatic heterocycles. The van der Waals surface area contributed by atoms with Gasteiger partial charge >= 0.3 is 0 Å². The number of para-hydroxylation sites is 1. The smallest absolute Gasteiger partial charge is 0.234 e. The van der Waals surface area contributed by atoms with Gasteiger partial charge in [0.1, 0.15) is 5.75 Å². The van der Waals surface area contributed by atoms with Gasteiger partial charge in [-0.1, -0.05) is 60.3 Å². The summed E-state index contributed by atoms with van der Waals surface area (Å²) in [6, 6.07) is 25.9. The van der Waals surface area contributed by atoms with Crippen LogP contribution in [0.4, 0.5) is 5.69 Å². The fraction of sp³-hybridized carbons (Fsp3) is 0.120. The van der Waals surface area contributed by atoms with Crippen LogP contribution in [-0.4, -0.2) is 28.3 Å². The molecular weight excluding hydrogens is 406 g/mol. The fourth-order valence-electron chi connectivity index (χ4n) is 3.26. The van der Waals surface area contributed by atoms with Gasteiger partial charge < -0.3 is 10.1 Å². The summed E-state index contributed by atoms with van der Waals surface area (Å²) < 4.78 is 7.18. The number of imidazole rings is 1. The van der Waals surface area contributed by atoms with Gasteiger partial charge in [-0.05, 0) is 47.9 Å². The number of ether oxygens (including phenoxy) is 1. The van der Waals surface area contributed by atoms with Crippen LogP contribution in [0.15, 0.2) is 96.4 Å². The number of nitrogens with zero attached hydrogens (tertiary/aromatic N) is 2. The molecule has 1 aromatic heterocycles. The molecule has 0 saturated carbocycles. The Hall–Kier alpha value is -3.51. The summed E-state index contributed by atoms with van der Waals surface area (Å²) >= 11 is 1.40. The van der Waals surface area contributed by atoms with Gasteiger partial charge in [-0.2, -0.15) is 0 Å². The molecule has 4 aromatic rings. The topological polar surface area (TPSA) is 56.2 Å². The highest BCUT2D eigenvalue weighted by atomic mass is 32.2. The summed E-state index contributed by atoms with van der Waals surface area (Å²) in [5.74, 6) is 1.01. The highest BCUT2D eigenvalue weighted by Gasteiger charge is 2.11. The number of aromatic nitrogens is 2. The molecule has 156 valence electrons. The number of thioether (sulfide) groups is 1. The van der Waals surface area contributed by atoms with Gasteiger partial charge in [0.2, 0.25) is 5.91 Å². The molecule has 6 heteroatoms. The Morgan fingerprint density at radius 1 is 1.00 bits per heavy atom. The Morgan fingerprint density at radius 3 is 2.52 bits per heavy atom. The van der Waals surface area contributed by atoms with E-state index in [1.807, 2.05) is 77.5 Å². The van der Waals surface area contributed by atoms with Crippen molar-refractivity contribution in [2.75, 3.05) is 18.2 Å². The van der Waals surface area contributed by atoms with Crippen LogP contribution in [0.2, 0.25) is 0 Å². The molecule has 0 aliphatic rings. The lowest BCUT2D eigenvalue weighted by atomic mass is 10.0. The molecule has 5 nitrogen and oxygen atoms in total. The van der Waals surface area contributed by atoms with Crippen molar-refractivity contribution in [2.45, 2.75) is 11.6 Å². The monoisotopic (exact) mass is 429 g/mol. The van der Waals surface area contributed by atoms with Crippen LogP contribution in [-0.2, 0) is 11.2 Å². The number of anilines is 1. The molecule has 0 aliphatic carbocycles. The van der Waals surface area contributed by atoms with E-state index in [2.05, 4.69) is 22.4 Å². The highest BCUT2D eigenvalue weighted by Crippen LogP contribution is 2.23. The highest BCUT2D eigenvalue weighted by molar-refractivity contribution is 7.99. The fourth-order valence-corrected chi connectivity index (χ4v) is 4.04. The lowest BCUT2D eigenvalue weighted by Crippen LogP contribution is -2.15. The van der Waals surface area contributed by atoms with Crippen molar-refractivity contribution in [1.29, 1.82) is 0 Å². The van der Waals surface area contributed by atoms with E-state index in [1.165, 1.54) is 17.3 Å². The maximum atomic E-state index is 12.7. The molecule has 31 heavy (non-hydrogen) atoms. The minimum atomic E-state index is -0.0604. The van der Waals surface area contributed by atoms with Gasteiger partial charge in [0.15, 0.2) is 5.16 Å². The Balaban J connectivity index is 1.40. The number of benzene rings is 3. The number of hydrogen-bond donors (Lipinski definition) is 1. The van der Waals surface area contributed by atoms with Crippen LogP contribution < -0.4 is 10.1 Å².